The molecule has 2 aliphatic rings. The third-order valence-electron chi connectivity index (χ3n) is 5.15. The van der Waals surface area contributed by atoms with Crippen LogP contribution in [0.2, 0.25) is 0 Å². The molecule has 1 fully saturated rings. The van der Waals surface area contributed by atoms with E-state index in [9.17, 15) is 13.6 Å². The summed E-state index contributed by atoms with van der Waals surface area (Å²) in [5.74, 6) is -3.33. The first-order valence-corrected chi connectivity index (χ1v) is 8.88. The maximum Gasteiger partial charge on any atom is 0.249 e. The Labute approximate surface area is 150 Å². The van der Waals surface area contributed by atoms with E-state index >= 15 is 0 Å². The van der Waals surface area contributed by atoms with Gasteiger partial charge < -0.3 is 9.73 Å². The van der Waals surface area contributed by atoms with Crippen molar-refractivity contribution in [3.8, 4) is 0 Å². The van der Waals surface area contributed by atoms with Crippen molar-refractivity contribution in [1.29, 1.82) is 0 Å². The van der Waals surface area contributed by atoms with Crippen molar-refractivity contribution in [3.63, 3.8) is 0 Å². The predicted molar refractivity (Wildman–Crippen MR) is 89.2 cm³/mol. The second-order valence-corrected chi connectivity index (χ2v) is 7.38. The summed E-state index contributed by atoms with van der Waals surface area (Å²) in [7, 11) is 0. The molecule has 0 bridgehead atoms. The van der Waals surface area contributed by atoms with Crippen LogP contribution in [0.1, 0.15) is 24.1 Å². The fraction of sp³-hybridized carbons (Fsp3) is 0.556. The third kappa shape index (κ3) is 3.80. The number of nitrogens with one attached hydrogen (secondary N) is 1. The van der Waals surface area contributed by atoms with Crippen molar-refractivity contribution in [3.05, 3.63) is 42.1 Å². The number of aromatic nitrogens is 2. The topological polar surface area (TPSA) is 63.3 Å². The highest BCUT2D eigenvalue weighted by molar-refractivity contribution is 5.79. The average molecular weight is 364 g/mol. The number of hydrogen-bond acceptors (Lipinski definition) is 4. The number of alkyl halides is 2. The molecule has 0 radical (unpaired) electrons. The second-order valence-electron chi connectivity index (χ2n) is 7.38. The summed E-state index contributed by atoms with van der Waals surface area (Å²) in [6.07, 6.45) is 4.50. The molecule has 3 heterocycles. The van der Waals surface area contributed by atoms with Gasteiger partial charge in [-0.3, -0.25) is 14.4 Å². The molecule has 140 valence electrons. The van der Waals surface area contributed by atoms with Crippen LogP contribution >= 0.6 is 0 Å². The standard InChI is InChI=1S/C18H22F2N4O2/c19-18(20)5-15(6-18)17(25)21-7-14-9-23(8-13-2-4-26-12-13)11-16-1-3-22-24(16)10-14/h1-4,12,14-15H,5-11H2,(H,21,25)/t14-/m1/s1. The first-order chi connectivity index (χ1) is 12.5. The van der Waals surface area contributed by atoms with Crippen molar-refractivity contribution in [1.82, 2.24) is 20.0 Å². The lowest BCUT2D eigenvalue weighted by molar-refractivity contribution is -0.150. The number of carbonyl (C=O) groups excluding carboxylic acids is 1. The molecule has 1 N–H and O–H groups in total. The van der Waals surface area contributed by atoms with Gasteiger partial charge in [-0.15, -0.1) is 0 Å². The fourth-order valence-electron chi connectivity index (χ4n) is 3.75. The fourth-order valence-corrected chi connectivity index (χ4v) is 3.75. The number of amides is 1. The van der Waals surface area contributed by atoms with E-state index in [4.69, 9.17) is 4.42 Å². The monoisotopic (exact) mass is 364 g/mol. The SMILES string of the molecule is O=C(NC[C@@H]1CN(Cc2ccoc2)Cc2ccnn2C1)C1CC(F)(F)C1. The Balaban J connectivity index is 1.37. The minimum absolute atomic E-state index is 0.160. The summed E-state index contributed by atoms with van der Waals surface area (Å²) in [6.45, 7) is 3.47. The van der Waals surface area contributed by atoms with E-state index in [-0.39, 0.29) is 24.7 Å². The molecule has 0 spiro atoms. The number of carbonyl (C=O) groups is 1. The molecule has 8 heteroatoms. The molecule has 6 nitrogen and oxygen atoms in total. The number of rotatable bonds is 5. The molecular weight excluding hydrogens is 342 g/mol. The van der Waals surface area contributed by atoms with Gasteiger partial charge in [-0.05, 0) is 12.1 Å². The molecule has 1 amide bonds. The molecule has 4 rings (SSSR count). The van der Waals surface area contributed by atoms with Crippen molar-refractivity contribution in [2.45, 2.75) is 38.4 Å². The summed E-state index contributed by atoms with van der Waals surface area (Å²) in [5.41, 5.74) is 2.22. The van der Waals surface area contributed by atoms with Crippen LogP contribution in [0.4, 0.5) is 8.78 Å². The molecule has 1 aliphatic carbocycles. The van der Waals surface area contributed by atoms with Crippen molar-refractivity contribution < 1.29 is 18.0 Å². The van der Waals surface area contributed by atoms with Gasteiger partial charge in [-0.1, -0.05) is 0 Å². The van der Waals surface area contributed by atoms with Gasteiger partial charge in [0.15, 0.2) is 0 Å². The van der Waals surface area contributed by atoms with E-state index in [2.05, 4.69) is 15.3 Å². The highest BCUT2D eigenvalue weighted by Gasteiger charge is 2.48. The molecular formula is C18H22F2N4O2. The number of nitrogens with zero attached hydrogens (tertiary/aromatic N) is 3. The van der Waals surface area contributed by atoms with E-state index < -0.39 is 11.8 Å². The van der Waals surface area contributed by atoms with Gasteiger partial charge in [0, 0.05) is 69.2 Å². The Bertz CT molecular complexity index is 751. The maximum atomic E-state index is 13.0. The largest absolute Gasteiger partial charge is 0.472 e. The lowest BCUT2D eigenvalue weighted by Crippen LogP contribution is -2.46. The van der Waals surface area contributed by atoms with Crippen LogP contribution < -0.4 is 5.32 Å². The maximum absolute atomic E-state index is 13.0. The highest BCUT2D eigenvalue weighted by Crippen LogP contribution is 2.42. The van der Waals surface area contributed by atoms with Gasteiger partial charge in [-0.2, -0.15) is 5.10 Å². The van der Waals surface area contributed by atoms with Gasteiger partial charge in [0.2, 0.25) is 11.8 Å². The third-order valence-corrected chi connectivity index (χ3v) is 5.15. The number of hydrogen-bond donors (Lipinski definition) is 1. The van der Waals surface area contributed by atoms with Crippen molar-refractivity contribution >= 4 is 5.91 Å². The van der Waals surface area contributed by atoms with Gasteiger partial charge in [0.1, 0.15) is 0 Å². The van der Waals surface area contributed by atoms with Gasteiger partial charge >= 0.3 is 0 Å². The first kappa shape index (κ1) is 17.2. The van der Waals surface area contributed by atoms with Gasteiger partial charge in [0.25, 0.3) is 0 Å². The summed E-state index contributed by atoms with van der Waals surface area (Å²) in [5, 5.41) is 7.23. The molecule has 0 unspecified atom stereocenters. The summed E-state index contributed by atoms with van der Waals surface area (Å²) < 4.78 is 33.0. The zero-order valence-electron chi connectivity index (χ0n) is 14.4. The van der Waals surface area contributed by atoms with Crippen molar-refractivity contribution in [2.24, 2.45) is 11.8 Å². The van der Waals surface area contributed by atoms with Crippen LogP contribution in [0.25, 0.3) is 0 Å². The molecule has 2 aromatic heterocycles. The first-order valence-electron chi connectivity index (χ1n) is 8.88. The Hall–Kier alpha value is -2.22. The minimum Gasteiger partial charge on any atom is -0.472 e. The van der Waals surface area contributed by atoms with Crippen LogP contribution in [0.5, 0.6) is 0 Å². The van der Waals surface area contributed by atoms with E-state index in [0.29, 0.717) is 13.1 Å². The highest BCUT2D eigenvalue weighted by atomic mass is 19.3. The zero-order chi connectivity index (χ0) is 18.1. The number of furan rings is 1. The molecule has 0 aromatic carbocycles. The smallest absolute Gasteiger partial charge is 0.249 e. The molecule has 0 saturated heterocycles. The zero-order valence-corrected chi connectivity index (χ0v) is 14.4. The van der Waals surface area contributed by atoms with Crippen molar-refractivity contribution in [2.75, 3.05) is 13.1 Å². The lowest BCUT2D eigenvalue weighted by Gasteiger charge is -2.34. The lowest BCUT2D eigenvalue weighted by atomic mass is 9.80. The summed E-state index contributed by atoms with van der Waals surface area (Å²) in [6, 6.07) is 3.94. The average Bonchev–Trinajstić information content (AvgIpc) is 3.19. The summed E-state index contributed by atoms with van der Waals surface area (Å²) in [4.78, 5) is 14.4. The number of fused-ring (bicyclic) bond motifs is 1. The Morgan fingerprint density at radius 3 is 2.92 bits per heavy atom. The quantitative estimate of drug-likeness (QED) is 0.884. The van der Waals surface area contributed by atoms with Crippen LogP contribution in [-0.4, -0.2) is 39.6 Å². The molecule has 1 atom stereocenters. The normalized spacial score (nSPS) is 23.1. The second kappa shape index (κ2) is 6.83. The summed E-state index contributed by atoms with van der Waals surface area (Å²) >= 11 is 0. The molecule has 1 saturated carbocycles. The van der Waals surface area contributed by atoms with Crippen LogP contribution in [-0.2, 0) is 24.4 Å². The van der Waals surface area contributed by atoms with Gasteiger partial charge in [-0.25, -0.2) is 8.78 Å². The predicted octanol–water partition coefficient (Wildman–Crippen LogP) is 2.27. The van der Waals surface area contributed by atoms with Crippen LogP contribution in [0.3, 0.4) is 0 Å². The number of halogens is 2. The van der Waals surface area contributed by atoms with E-state index in [1.807, 2.05) is 16.8 Å². The van der Waals surface area contributed by atoms with E-state index in [0.717, 1.165) is 30.9 Å². The van der Waals surface area contributed by atoms with Gasteiger partial charge in [0.05, 0.1) is 18.2 Å². The molecule has 1 aliphatic heterocycles. The van der Waals surface area contributed by atoms with E-state index in [1.165, 1.54) is 0 Å². The Kier molecular flexibility index (Phi) is 4.52. The Morgan fingerprint density at radius 2 is 2.19 bits per heavy atom. The molecule has 26 heavy (non-hydrogen) atoms. The van der Waals surface area contributed by atoms with E-state index in [1.54, 1.807) is 18.7 Å². The molecule has 2 aromatic rings. The Morgan fingerprint density at radius 1 is 1.35 bits per heavy atom. The van der Waals surface area contributed by atoms with Crippen LogP contribution in [0, 0.1) is 11.8 Å². The minimum atomic E-state index is -2.67. The van der Waals surface area contributed by atoms with Crippen LogP contribution in [0.15, 0.2) is 35.3 Å².